The maximum absolute atomic E-state index is 13.8. The molecule has 0 bridgehead atoms. The van der Waals surface area contributed by atoms with Crippen molar-refractivity contribution in [2.24, 2.45) is 0 Å². The molecule has 0 unspecified atom stereocenters. The topological polar surface area (TPSA) is 67.4 Å². The highest BCUT2D eigenvalue weighted by molar-refractivity contribution is 5.95. The molecule has 266 valence electrons. The van der Waals surface area contributed by atoms with E-state index >= 15 is 0 Å². The number of nitrogens with zero attached hydrogens (tertiary/aromatic N) is 4. The van der Waals surface area contributed by atoms with Crippen molar-refractivity contribution in [3.8, 4) is 5.75 Å². The molecular weight excluding hydrogens is 654 g/mol. The fourth-order valence-electron chi connectivity index (χ4n) is 6.21. The van der Waals surface area contributed by atoms with Gasteiger partial charge in [0.05, 0.1) is 24.3 Å². The Bertz CT molecular complexity index is 1550. The molecule has 1 fully saturated rings. The quantitative estimate of drug-likeness (QED) is 0.134. The van der Waals surface area contributed by atoms with Gasteiger partial charge < -0.3 is 19.1 Å². The van der Waals surface area contributed by atoms with Crippen LogP contribution < -0.4 is 4.74 Å². The summed E-state index contributed by atoms with van der Waals surface area (Å²) in [5.41, 5.74) is 0.225. The molecule has 0 radical (unpaired) electrons. The Balaban J connectivity index is 1.36. The van der Waals surface area contributed by atoms with Gasteiger partial charge in [-0.3, -0.25) is 19.6 Å². The van der Waals surface area contributed by atoms with Crippen LogP contribution in [0, 0.1) is 6.92 Å². The van der Waals surface area contributed by atoms with Gasteiger partial charge in [-0.1, -0.05) is 18.2 Å². The van der Waals surface area contributed by atoms with Crippen LogP contribution in [0.15, 0.2) is 54.7 Å². The normalized spacial score (nSPS) is 17.6. The average molecular weight is 695 g/mol. The average Bonchev–Trinajstić information content (AvgIpc) is 3.07. The van der Waals surface area contributed by atoms with Crippen molar-refractivity contribution < 1.29 is 45.3 Å². The number of methoxy groups -OCH3 is 1. The zero-order chi connectivity index (χ0) is 35.2. The zero-order valence-electron chi connectivity index (χ0n) is 27.4. The van der Waals surface area contributed by atoms with E-state index < -0.39 is 41.0 Å². The number of hydrogen-bond acceptors (Lipinski definition) is 7. The van der Waals surface area contributed by atoms with Crippen LogP contribution in [0.25, 0.3) is 0 Å². The Morgan fingerprint density at radius 1 is 0.918 bits per heavy atom. The molecule has 0 aliphatic carbocycles. The molecule has 0 N–H and O–H groups in total. The standard InChI is InChI=1S/C35H40F6N4O4/c1-24-5-6-25(17-32(24)49-23-48-15-14-47-2)16-30-22-44(11-10-43-9-7-31-26(21-43)4-3-8-42-31)12-13-45(30)33(46)27-18-28(34(36,37)38)20-29(19-27)35(39,40)41/h3-6,8,17-20,30H,7,9-16,21-23H2,1-2H3/t30-/m1/s1. The van der Waals surface area contributed by atoms with Crippen molar-refractivity contribution in [3.05, 3.63) is 93.8 Å². The van der Waals surface area contributed by atoms with E-state index in [1.807, 2.05) is 31.2 Å². The summed E-state index contributed by atoms with van der Waals surface area (Å²) < 4.78 is 98.2. The summed E-state index contributed by atoms with van der Waals surface area (Å²) in [6.07, 6.45) is -7.20. The van der Waals surface area contributed by atoms with Gasteiger partial charge in [0.1, 0.15) is 5.75 Å². The maximum Gasteiger partial charge on any atom is 0.416 e. The summed E-state index contributed by atoms with van der Waals surface area (Å²) in [5.74, 6) is -0.315. The number of alkyl halides is 6. The molecular formula is C35H40F6N4O4. The molecule has 2 aliphatic heterocycles. The third kappa shape index (κ3) is 9.71. The summed E-state index contributed by atoms with van der Waals surface area (Å²) in [4.78, 5) is 24.2. The molecule has 1 saturated heterocycles. The van der Waals surface area contributed by atoms with Crippen LogP contribution in [0.3, 0.4) is 0 Å². The van der Waals surface area contributed by atoms with Crippen molar-refractivity contribution in [1.29, 1.82) is 0 Å². The van der Waals surface area contributed by atoms with E-state index in [-0.39, 0.29) is 19.4 Å². The zero-order valence-corrected chi connectivity index (χ0v) is 27.4. The first-order chi connectivity index (χ1) is 23.3. The van der Waals surface area contributed by atoms with E-state index in [9.17, 15) is 31.1 Å². The lowest BCUT2D eigenvalue weighted by Crippen LogP contribution is -2.57. The number of fused-ring (bicyclic) bond motifs is 1. The Morgan fingerprint density at radius 3 is 2.37 bits per heavy atom. The second-order valence-electron chi connectivity index (χ2n) is 12.4. The van der Waals surface area contributed by atoms with Crippen LogP contribution in [0.5, 0.6) is 5.75 Å². The number of pyridine rings is 1. The highest BCUT2D eigenvalue weighted by Gasteiger charge is 2.39. The lowest BCUT2D eigenvalue weighted by molar-refractivity contribution is -0.143. The van der Waals surface area contributed by atoms with Gasteiger partial charge in [0.2, 0.25) is 0 Å². The minimum absolute atomic E-state index is 0.0103. The molecule has 49 heavy (non-hydrogen) atoms. The van der Waals surface area contributed by atoms with Crippen LogP contribution in [0.1, 0.15) is 43.9 Å². The van der Waals surface area contributed by atoms with Crippen LogP contribution >= 0.6 is 0 Å². The first kappa shape index (κ1) is 36.6. The number of halogens is 6. The highest BCUT2D eigenvalue weighted by Crippen LogP contribution is 2.37. The minimum Gasteiger partial charge on any atom is -0.467 e. The van der Waals surface area contributed by atoms with Crippen molar-refractivity contribution in [3.63, 3.8) is 0 Å². The number of aryl methyl sites for hydroxylation is 1. The number of carbonyl (C=O) groups is 1. The lowest BCUT2D eigenvalue weighted by Gasteiger charge is -2.42. The third-order valence-corrected chi connectivity index (χ3v) is 8.89. The summed E-state index contributed by atoms with van der Waals surface area (Å²) in [7, 11) is 1.56. The number of ether oxygens (including phenoxy) is 3. The summed E-state index contributed by atoms with van der Waals surface area (Å²) in [6.45, 7) is 6.59. The van der Waals surface area contributed by atoms with Gasteiger partial charge in [0.15, 0.2) is 6.79 Å². The van der Waals surface area contributed by atoms with Gasteiger partial charge in [0, 0.05) is 82.8 Å². The molecule has 1 aromatic heterocycles. The molecule has 2 aliphatic rings. The molecule has 0 saturated carbocycles. The van der Waals surface area contributed by atoms with Gasteiger partial charge in [-0.05, 0) is 60.4 Å². The van der Waals surface area contributed by atoms with Crippen LogP contribution in [0.4, 0.5) is 26.3 Å². The Kier molecular flexibility index (Phi) is 11.8. The molecule has 14 heteroatoms. The number of rotatable bonds is 12. The summed E-state index contributed by atoms with van der Waals surface area (Å²) in [6, 6.07) is 10.1. The lowest BCUT2D eigenvalue weighted by atomic mass is 9.98. The van der Waals surface area contributed by atoms with Gasteiger partial charge in [-0.15, -0.1) is 0 Å². The minimum atomic E-state index is -5.06. The fraction of sp³-hybridized carbons (Fsp3) is 0.486. The van der Waals surface area contributed by atoms with E-state index in [0.29, 0.717) is 57.2 Å². The predicted molar refractivity (Wildman–Crippen MR) is 169 cm³/mol. The molecule has 2 aromatic carbocycles. The maximum atomic E-state index is 13.8. The smallest absolute Gasteiger partial charge is 0.416 e. The fourth-order valence-corrected chi connectivity index (χ4v) is 6.21. The molecule has 5 rings (SSSR count). The molecule has 3 aromatic rings. The number of piperazine rings is 1. The molecule has 1 amide bonds. The Labute approximate surface area is 281 Å². The first-order valence-electron chi connectivity index (χ1n) is 16.1. The summed E-state index contributed by atoms with van der Waals surface area (Å²) >= 11 is 0. The number of benzene rings is 2. The van der Waals surface area contributed by atoms with E-state index in [1.165, 1.54) is 10.5 Å². The highest BCUT2D eigenvalue weighted by atomic mass is 19.4. The number of amides is 1. The SMILES string of the molecule is COCCOCOc1cc(C[C@@H]2CN(CCN3CCc4ncccc4C3)CCN2C(=O)c2cc(C(F)(F)F)cc(C(F)(F)F)c2)ccc1C. The monoisotopic (exact) mass is 694 g/mol. The molecule has 3 heterocycles. The molecule has 8 nitrogen and oxygen atoms in total. The van der Waals surface area contributed by atoms with Crippen molar-refractivity contribution in [1.82, 2.24) is 19.7 Å². The Hall–Kier alpha value is -3.72. The van der Waals surface area contributed by atoms with Gasteiger partial charge in [-0.25, -0.2) is 0 Å². The van der Waals surface area contributed by atoms with Crippen molar-refractivity contribution in [2.45, 2.75) is 44.7 Å². The first-order valence-corrected chi connectivity index (χ1v) is 16.1. The second-order valence-corrected chi connectivity index (χ2v) is 12.4. The number of aromatic nitrogens is 1. The third-order valence-electron chi connectivity index (χ3n) is 8.89. The number of hydrogen-bond donors (Lipinski definition) is 0. The largest absolute Gasteiger partial charge is 0.467 e. The van der Waals surface area contributed by atoms with Crippen molar-refractivity contribution in [2.75, 3.05) is 66.4 Å². The second kappa shape index (κ2) is 15.9. The van der Waals surface area contributed by atoms with Gasteiger partial charge in [0.25, 0.3) is 5.91 Å². The number of carbonyl (C=O) groups excluding carboxylic acids is 1. The van der Waals surface area contributed by atoms with Gasteiger partial charge in [-0.2, -0.15) is 26.3 Å². The van der Waals surface area contributed by atoms with Crippen LogP contribution in [0.2, 0.25) is 0 Å². The van der Waals surface area contributed by atoms with E-state index in [1.54, 1.807) is 13.3 Å². The Morgan fingerprint density at radius 2 is 1.65 bits per heavy atom. The van der Waals surface area contributed by atoms with Crippen LogP contribution in [-0.4, -0.2) is 98.0 Å². The van der Waals surface area contributed by atoms with E-state index in [0.717, 1.165) is 42.9 Å². The predicted octanol–water partition coefficient (Wildman–Crippen LogP) is 5.85. The van der Waals surface area contributed by atoms with Crippen LogP contribution in [-0.2, 0) is 41.2 Å². The molecule has 0 spiro atoms. The molecule has 1 atom stereocenters. The van der Waals surface area contributed by atoms with Gasteiger partial charge >= 0.3 is 12.4 Å². The van der Waals surface area contributed by atoms with Crippen molar-refractivity contribution >= 4 is 5.91 Å². The van der Waals surface area contributed by atoms with E-state index in [2.05, 4.69) is 20.9 Å². The summed E-state index contributed by atoms with van der Waals surface area (Å²) in [5, 5.41) is 0. The van der Waals surface area contributed by atoms with E-state index in [4.69, 9.17) is 14.2 Å².